The third-order valence-electron chi connectivity index (χ3n) is 9.28. The molecule has 4 aromatic rings. The Labute approximate surface area is 250 Å². The van der Waals surface area contributed by atoms with Gasteiger partial charge in [0.25, 0.3) is 0 Å². The molecule has 11 heteroatoms. The average molecular weight is 605 g/mol. The zero-order valence-electron chi connectivity index (χ0n) is 23.7. The number of benzene rings is 2. The molecule has 9 nitrogen and oxygen atoms in total. The van der Waals surface area contributed by atoms with Crippen LogP contribution in [0.1, 0.15) is 42.1 Å². The molecule has 2 aliphatic heterocycles. The Hall–Kier alpha value is -3.47. The highest BCUT2D eigenvalue weighted by molar-refractivity contribution is 7.89. The first-order chi connectivity index (χ1) is 20.1. The average Bonchev–Trinajstić information content (AvgIpc) is 3.61. The van der Waals surface area contributed by atoms with Crippen molar-refractivity contribution < 1.29 is 13.2 Å². The lowest BCUT2D eigenvalue weighted by atomic mass is 9.60. The van der Waals surface area contributed by atoms with Crippen molar-refractivity contribution in [3.8, 4) is 22.4 Å². The second-order valence-corrected chi connectivity index (χ2v) is 14.6. The SMILES string of the molecule is C=CC(=O)N1CC2(CC(n3nc(-c4ccc(CN5CCCS5(=O)=O)cc4)c(-c4c(Cl)c(C)cc5[nH]ncc45)c3C)C2)C1. The molecular formula is C31H33ClN6O3S. The summed E-state index contributed by atoms with van der Waals surface area (Å²) in [5.41, 5.74) is 7.65. The molecule has 2 aromatic heterocycles. The number of hydrogen-bond acceptors (Lipinski definition) is 5. The van der Waals surface area contributed by atoms with E-state index in [0.717, 1.165) is 76.0 Å². The van der Waals surface area contributed by atoms with Gasteiger partial charge in [-0.25, -0.2) is 8.42 Å². The van der Waals surface area contributed by atoms with Crippen LogP contribution in [0.3, 0.4) is 0 Å². The summed E-state index contributed by atoms with van der Waals surface area (Å²) in [5.74, 6) is 0.212. The normalized spacial score (nSPS) is 19.7. The minimum Gasteiger partial charge on any atom is -0.338 e. The van der Waals surface area contributed by atoms with E-state index >= 15 is 0 Å². The zero-order valence-corrected chi connectivity index (χ0v) is 25.3. The molecule has 1 aliphatic carbocycles. The van der Waals surface area contributed by atoms with Gasteiger partial charge in [0.05, 0.1) is 28.5 Å². The molecule has 0 radical (unpaired) electrons. The molecule has 4 heterocycles. The van der Waals surface area contributed by atoms with E-state index in [1.165, 1.54) is 6.08 Å². The van der Waals surface area contributed by atoms with E-state index in [0.29, 0.717) is 24.5 Å². The first-order valence-corrected chi connectivity index (χ1v) is 16.3. The minimum absolute atomic E-state index is 0.00656. The Balaban J connectivity index is 1.27. The summed E-state index contributed by atoms with van der Waals surface area (Å²) < 4.78 is 28.4. The maximum Gasteiger partial charge on any atom is 0.245 e. The summed E-state index contributed by atoms with van der Waals surface area (Å²) in [5, 5.41) is 14.2. The molecule has 1 saturated carbocycles. The number of H-pyrrole nitrogens is 1. The molecule has 1 spiro atoms. The molecule has 0 bridgehead atoms. The summed E-state index contributed by atoms with van der Waals surface area (Å²) >= 11 is 7.03. The third kappa shape index (κ3) is 4.30. The van der Waals surface area contributed by atoms with Crippen LogP contribution in [-0.2, 0) is 21.4 Å². The Morgan fingerprint density at radius 1 is 1.19 bits per heavy atom. The van der Waals surface area contributed by atoms with Crippen LogP contribution in [0.25, 0.3) is 33.3 Å². The number of rotatable bonds is 6. The molecule has 3 aliphatic rings. The number of nitrogens with one attached hydrogen (secondary N) is 1. The van der Waals surface area contributed by atoms with Crippen molar-refractivity contribution in [3.05, 3.63) is 71.0 Å². The van der Waals surface area contributed by atoms with E-state index in [1.807, 2.05) is 48.4 Å². The summed E-state index contributed by atoms with van der Waals surface area (Å²) in [6.07, 6.45) is 5.79. The number of aromatic nitrogens is 4. The van der Waals surface area contributed by atoms with Crippen LogP contribution in [0.15, 0.2) is 49.2 Å². The lowest BCUT2D eigenvalue weighted by Crippen LogP contribution is -2.63. The molecule has 0 unspecified atom stereocenters. The maximum atomic E-state index is 12.3. The van der Waals surface area contributed by atoms with E-state index < -0.39 is 10.0 Å². The number of fused-ring (bicyclic) bond motifs is 1. The Kier molecular flexibility index (Phi) is 6.38. The fourth-order valence-corrected chi connectivity index (χ4v) is 8.84. The summed E-state index contributed by atoms with van der Waals surface area (Å²) in [6, 6.07) is 10.3. The number of sulfonamides is 1. The van der Waals surface area contributed by atoms with Gasteiger partial charge in [0.2, 0.25) is 15.9 Å². The summed E-state index contributed by atoms with van der Waals surface area (Å²) in [6.45, 7) is 10.2. The van der Waals surface area contributed by atoms with Crippen LogP contribution in [0.2, 0.25) is 5.02 Å². The zero-order chi connectivity index (χ0) is 29.4. The van der Waals surface area contributed by atoms with Gasteiger partial charge in [0.1, 0.15) is 5.69 Å². The van der Waals surface area contributed by atoms with Crippen LogP contribution in [-0.4, -0.2) is 68.9 Å². The number of halogens is 1. The van der Waals surface area contributed by atoms with Crippen LogP contribution in [0.4, 0.5) is 0 Å². The molecular weight excluding hydrogens is 572 g/mol. The van der Waals surface area contributed by atoms with Crippen LogP contribution in [0, 0.1) is 19.3 Å². The number of hydrogen-bond donors (Lipinski definition) is 1. The fourth-order valence-electron chi connectivity index (χ4n) is 7.08. The molecule has 7 rings (SSSR count). The molecule has 2 saturated heterocycles. The standard InChI is InChI=1S/C31H33ClN6O3S/c1-4-26(39)36-17-31(18-36)13-23(14-31)38-20(3)27(28-24-15-33-34-25(24)12-19(2)29(28)32)30(35-38)22-8-6-21(7-9-22)16-37-10-5-11-42(37,40)41/h4,6-9,12,15,23H,1,5,10-11,13-14,16-18H2,2-3H3,(H,33,34). The smallest absolute Gasteiger partial charge is 0.245 e. The molecule has 1 N–H and O–H groups in total. The van der Waals surface area contributed by atoms with Gasteiger partial charge in [-0.15, -0.1) is 0 Å². The lowest BCUT2D eigenvalue weighted by Gasteiger charge is -2.58. The lowest BCUT2D eigenvalue weighted by molar-refractivity contribution is -0.149. The van der Waals surface area contributed by atoms with Crippen molar-refractivity contribution in [2.24, 2.45) is 5.41 Å². The third-order valence-corrected chi connectivity index (χ3v) is 11.7. The largest absolute Gasteiger partial charge is 0.338 e. The van der Waals surface area contributed by atoms with E-state index in [2.05, 4.69) is 28.4 Å². The van der Waals surface area contributed by atoms with Crippen molar-refractivity contribution in [1.82, 2.24) is 29.2 Å². The van der Waals surface area contributed by atoms with Crippen LogP contribution >= 0.6 is 11.6 Å². The van der Waals surface area contributed by atoms with E-state index in [1.54, 1.807) is 4.31 Å². The van der Waals surface area contributed by atoms with E-state index in [9.17, 15) is 13.2 Å². The maximum absolute atomic E-state index is 12.3. The molecule has 3 fully saturated rings. The Bertz CT molecular complexity index is 1850. The molecule has 2 aromatic carbocycles. The van der Waals surface area contributed by atoms with Crippen molar-refractivity contribution in [2.45, 2.75) is 45.7 Å². The van der Waals surface area contributed by atoms with Gasteiger partial charge < -0.3 is 4.90 Å². The van der Waals surface area contributed by atoms with Gasteiger partial charge >= 0.3 is 0 Å². The quantitative estimate of drug-likeness (QED) is 0.303. The first-order valence-electron chi connectivity index (χ1n) is 14.3. The molecule has 1 amide bonds. The predicted octanol–water partition coefficient (Wildman–Crippen LogP) is 5.25. The Morgan fingerprint density at radius 2 is 1.93 bits per heavy atom. The highest BCUT2D eigenvalue weighted by Crippen LogP contribution is 2.55. The number of nitrogens with zero attached hydrogens (tertiary/aromatic N) is 5. The van der Waals surface area contributed by atoms with Crippen LogP contribution in [0.5, 0.6) is 0 Å². The van der Waals surface area contributed by atoms with E-state index in [4.69, 9.17) is 16.7 Å². The monoisotopic (exact) mass is 604 g/mol. The second kappa shape index (κ2) is 9.79. The Morgan fingerprint density at radius 3 is 2.60 bits per heavy atom. The highest BCUT2D eigenvalue weighted by atomic mass is 35.5. The van der Waals surface area contributed by atoms with Crippen molar-refractivity contribution in [2.75, 3.05) is 25.4 Å². The molecule has 218 valence electrons. The van der Waals surface area contributed by atoms with Gasteiger partial charge in [-0.3, -0.25) is 14.6 Å². The highest BCUT2D eigenvalue weighted by Gasteiger charge is 2.54. The van der Waals surface area contributed by atoms with Gasteiger partial charge in [-0.1, -0.05) is 42.4 Å². The van der Waals surface area contributed by atoms with Crippen molar-refractivity contribution >= 4 is 38.4 Å². The minimum atomic E-state index is -3.17. The van der Waals surface area contributed by atoms with Gasteiger partial charge in [0, 0.05) is 59.4 Å². The van der Waals surface area contributed by atoms with Crippen molar-refractivity contribution in [1.29, 1.82) is 0 Å². The summed E-state index contributed by atoms with van der Waals surface area (Å²) in [7, 11) is -3.17. The van der Waals surface area contributed by atoms with Gasteiger partial charge in [-0.2, -0.15) is 14.5 Å². The summed E-state index contributed by atoms with van der Waals surface area (Å²) in [4.78, 5) is 13.9. The second-order valence-electron chi connectivity index (χ2n) is 12.1. The fraction of sp³-hybridized carbons (Fsp3) is 0.387. The van der Waals surface area contributed by atoms with Crippen LogP contribution < -0.4 is 0 Å². The number of amides is 1. The number of aromatic amines is 1. The molecule has 0 atom stereocenters. The number of carbonyl (C=O) groups excluding carboxylic acids is 1. The van der Waals surface area contributed by atoms with E-state index in [-0.39, 0.29) is 23.1 Å². The van der Waals surface area contributed by atoms with Gasteiger partial charge in [-0.05, 0) is 56.4 Å². The predicted molar refractivity (Wildman–Crippen MR) is 164 cm³/mol. The number of carbonyl (C=O) groups is 1. The number of likely N-dealkylation sites (tertiary alicyclic amines) is 1. The first kappa shape index (κ1) is 27.4. The van der Waals surface area contributed by atoms with Crippen molar-refractivity contribution in [3.63, 3.8) is 0 Å². The van der Waals surface area contributed by atoms with Gasteiger partial charge in [0.15, 0.2) is 0 Å². The topological polar surface area (TPSA) is 104 Å². The number of aryl methyl sites for hydroxylation is 1. The molecule has 42 heavy (non-hydrogen) atoms.